The van der Waals surface area contributed by atoms with Gasteiger partial charge in [-0.25, -0.2) is 0 Å². The second-order valence-electron chi connectivity index (χ2n) is 2.22. The van der Waals surface area contributed by atoms with Crippen LogP contribution in [0.4, 0.5) is 0 Å². The maximum Gasteiger partial charge on any atom is 0.102 e. The van der Waals surface area contributed by atoms with Gasteiger partial charge < -0.3 is 10.2 Å². The zero-order chi connectivity index (χ0) is 7.56. The van der Waals surface area contributed by atoms with E-state index in [0.29, 0.717) is 5.33 Å². The number of hydrogen-bond donors (Lipinski definition) is 2. The van der Waals surface area contributed by atoms with Gasteiger partial charge >= 0.3 is 0 Å². The molecule has 0 aliphatic heterocycles. The van der Waals surface area contributed by atoms with E-state index in [4.69, 9.17) is 10.2 Å². The van der Waals surface area contributed by atoms with E-state index in [-0.39, 0.29) is 0 Å². The molecule has 1 aliphatic carbocycles. The van der Waals surface area contributed by atoms with E-state index < -0.39 is 12.2 Å². The first-order chi connectivity index (χ1) is 4.74. The summed E-state index contributed by atoms with van der Waals surface area (Å²) in [5, 5.41) is 18.8. The molecule has 0 bridgehead atoms. The van der Waals surface area contributed by atoms with Crippen LogP contribution in [0.5, 0.6) is 0 Å². The quantitative estimate of drug-likeness (QED) is 0.615. The number of aliphatic hydroxyl groups excluding tert-OH is 2. The number of hydrogen-bond acceptors (Lipinski definition) is 2. The number of halogens is 1. The molecular weight excluding hydrogens is 196 g/mol. The highest BCUT2D eigenvalue weighted by atomic mass is 79.9. The van der Waals surface area contributed by atoms with E-state index in [1.54, 1.807) is 18.2 Å². The SMILES string of the molecule is OC1C=CC(CBr)=CC1O. The maximum atomic E-state index is 9.08. The van der Waals surface area contributed by atoms with Crippen LogP contribution in [0.15, 0.2) is 23.8 Å². The highest BCUT2D eigenvalue weighted by molar-refractivity contribution is 9.09. The fourth-order valence-electron chi connectivity index (χ4n) is 0.799. The van der Waals surface area contributed by atoms with Crippen molar-refractivity contribution in [2.75, 3.05) is 5.33 Å². The minimum absolute atomic E-state index is 0.716. The van der Waals surface area contributed by atoms with E-state index in [1.165, 1.54) is 0 Å². The van der Waals surface area contributed by atoms with Crippen LogP contribution >= 0.6 is 15.9 Å². The summed E-state index contributed by atoms with van der Waals surface area (Å²) in [5.74, 6) is 0. The van der Waals surface area contributed by atoms with Crippen molar-refractivity contribution in [1.82, 2.24) is 0 Å². The summed E-state index contributed by atoms with van der Waals surface area (Å²) < 4.78 is 0. The third kappa shape index (κ3) is 1.68. The van der Waals surface area contributed by atoms with Gasteiger partial charge in [0.1, 0.15) is 12.2 Å². The van der Waals surface area contributed by atoms with Crippen molar-refractivity contribution in [2.24, 2.45) is 0 Å². The van der Waals surface area contributed by atoms with Gasteiger partial charge in [-0.3, -0.25) is 0 Å². The fraction of sp³-hybridized carbons (Fsp3) is 0.429. The summed E-state index contributed by atoms with van der Waals surface area (Å²) in [4.78, 5) is 0. The highest BCUT2D eigenvalue weighted by Gasteiger charge is 2.14. The molecule has 0 amide bonds. The van der Waals surface area contributed by atoms with Crippen LogP contribution in [0.25, 0.3) is 0 Å². The summed E-state index contributed by atoms with van der Waals surface area (Å²) in [6.07, 6.45) is 3.55. The molecule has 0 fully saturated rings. The van der Waals surface area contributed by atoms with E-state index in [1.807, 2.05) is 0 Å². The Labute approximate surface area is 68.0 Å². The van der Waals surface area contributed by atoms with Gasteiger partial charge in [-0.1, -0.05) is 28.1 Å². The third-order valence-electron chi connectivity index (χ3n) is 1.40. The molecule has 2 nitrogen and oxygen atoms in total. The van der Waals surface area contributed by atoms with Gasteiger partial charge in [-0.15, -0.1) is 0 Å². The Morgan fingerprint density at radius 1 is 1.40 bits per heavy atom. The molecule has 0 spiro atoms. The summed E-state index contributed by atoms with van der Waals surface area (Å²) in [5.41, 5.74) is 0.998. The smallest absolute Gasteiger partial charge is 0.102 e. The van der Waals surface area contributed by atoms with Gasteiger partial charge in [-0.05, 0) is 11.6 Å². The molecule has 0 aromatic rings. The van der Waals surface area contributed by atoms with Gasteiger partial charge in [0, 0.05) is 5.33 Å². The predicted octanol–water partition coefficient (Wildman–Crippen LogP) is 0.599. The first kappa shape index (κ1) is 7.98. The monoisotopic (exact) mass is 204 g/mol. The molecule has 1 rings (SSSR count). The molecule has 0 radical (unpaired) electrons. The first-order valence-corrected chi connectivity index (χ1v) is 4.17. The fourth-order valence-corrected chi connectivity index (χ4v) is 1.17. The molecule has 2 atom stereocenters. The van der Waals surface area contributed by atoms with Crippen molar-refractivity contribution in [1.29, 1.82) is 0 Å². The lowest BCUT2D eigenvalue weighted by atomic mass is 10.0. The lowest BCUT2D eigenvalue weighted by Gasteiger charge is -2.15. The van der Waals surface area contributed by atoms with Gasteiger partial charge in [0.05, 0.1) is 0 Å². The maximum absolute atomic E-state index is 9.08. The zero-order valence-electron chi connectivity index (χ0n) is 5.37. The molecule has 0 aromatic carbocycles. The molecule has 10 heavy (non-hydrogen) atoms. The van der Waals surface area contributed by atoms with Gasteiger partial charge in [-0.2, -0.15) is 0 Å². The Balaban J connectivity index is 2.66. The van der Waals surface area contributed by atoms with Crippen LogP contribution in [0, 0.1) is 0 Å². The molecule has 2 unspecified atom stereocenters. The van der Waals surface area contributed by atoms with Crippen LogP contribution < -0.4 is 0 Å². The Morgan fingerprint density at radius 3 is 2.60 bits per heavy atom. The molecule has 56 valence electrons. The summed E-state index contributed by atoms with van der Waals surface area (Å²) >= 11 is 3.25. The van der Waals surface area contributed by atoms with E-state index in [0.717, 1.165) is 5.57 Å². The molecule has 3 heteroatoms. The number of aliphatic hydroxyl groups is 2. The molecular formula is C7H9BrO2. The third-order valence-corrected chi connectivity index (χ3v) is 2.04. The van der Waals surface area contributed by atoms with E-state index >= 15 is 0 Å². The van der Waals surface area contributed by atoms with Crippen molar-refractivity contribution in [2.45, 2.75) is 12.2 Å². The number of allylic oxidation sites excluding steroid dienone is 2. The largest absolute Gasteiger partial charge is 0.386 e. The van der Waals surface area contributed by atoms with Crippen LogP contribution in [0.2, 0.25) is 0 Å². The van der Waals surface area contributed by atoms with Gasteiger partial charge in [0.15, 0.2) is 0 Å². The number of alkyl halides is 1. The van der Waals surface area contributed by atoms with Crippen molar-refractivity contribution in [3.8, 4) is 0 Å². The second-order valence-corrected chi connectivity index (χ2v) is 2.78. The Morgan fingerprint density at radius 2 is 2.10 bits per heavy atom. The van der Waals surface area contributed by atoms with Crippen LogP contribution in [0.3, 0.4) is 0 Å². The van der Waals surface area contributed by atoms with Crippen molar-refractivity contribution < 1.29 is 10.2 Å². The topological polar surface area (TPSA) is 40.5 Å². The van der Waals surface area contributed by atoms with Gasteiger partial charge in [0.2, 0.25) is 0 Å². The summed E-state index contributed by atoms with van der Waals surface area (Å²) in [6, 6.07) is 0. The lowest BCUT2D eigenvalue weighted by molar-refractivity contribution is 0.0788. The lowest BCUT2D eigenvalue weighted by Crippen LogP contribution is -2.24. The van der Waals surface area contributed by atoms with Crippen molar-refractivity contribution in [3.05, 3.63) is 23.8 Å². The standard InChI is InChI=1S/C7H9BrO2/c8-4-5-1-2-6(9)7(10)3-5/h1-3,6-7,9-10H,4H2. The molecule has 0 saturated carbocycles. The van der Waals surface area contributed by atoms with E-state index in [9.17, 15) is 0 Å². The van der Waals surface area contributed by atoms with Crippen LogP contribution in [-0.4, -0.2) is 27.8 Å². The summed E-state index contributed by atoms with van der Waals surface area (Å²) in [6.45, 7) is 0. The Kier molecular flexibility index (Phi) is 2.65. The Hall–Kier alpha value is -0.120. The molecule has 1 aliphatic rings. The average Bonchev–Trinajstić information content (AvgIpc) is 1.95. The highest BCUT2D eigenvalue weighted by Crippen LogP contribution is 2.12. The zero-order valence-corrected chi connectivity index (χ0v) is 6.95. The molecule has 0 saturated heterocycles. The molecule has 0 aromatic heterocycles. The average molecular weight is 205 g/mol. The minimum Gasteiger partial charge on any atom is -0.386 e. The van der Waals surface area contributed by atoms with E-state index in [2.05, 4.69) is 15.9 Å². The molecule has 0 heterocycles. The van der Waals surface area contributed by atoms with Crippen molar-refractivity contribution >= 4 is 15.9 Å². The summed E-state index contributed by atoms with van der Waals surface area (Å²) in [7, 11) is 0. The minimum atomic E-state index is -0.738. The van der Waals surface area contributed by atoms with Crippen LogP contribution in [-0.2, 0) is 0 Å². The first-order valence-electron chi connectivity index (χ1n) is 3.05. The number of rotatable bonds is 1. The van der Waals surface area contributed by atoms with Crippen molar-refractivity contribution in [3.63, 3.8) is 0 Å². The van der Waals surface area contributed by atoms with Gasteiger partial charge in [0.25, 0.3) is 0 Å². The van der Waals surface area contributed by atoms with Crippen LogP contribution in [0.1, 0.15) is 0 Å². The second kappa shape index (κ2) is 3.32. The Bertz CT molecular complexity index is 174. The normalized spacial score (nSPS) is 32.1. The molecule has 2 N–H and O–H groups in total. The predicted molar refractivity (Wildman–Crippen MR) is 43.0 cm³/mol.